The number of hydrogen-bond donors (Lipinski definition) is 2. The SMILES string of the molecule is Cc1cccc(CSc2cc(C)ccc2C(=N)N)c1. The molecule has 2 rings (SSSR count). The molecular formula is C16H18N2S. The summed E-state index contributed by atoms with van der Waals surface area (Å²) in [6.07, 6.45) is 0. The van der Waals surface area contributed by atoms with Crippen LogP contribution in [0.1, 0.15) is 22.3 Å². The summed E-state index contributed by atoms with van der Waals surface area (Å²) in [5, 5.41) is 7.63. The highest BCUT2D eigenvalue weighted by Crippen LogP contribution is 2.27. The molecule has 0 aliphatic heterocycles. The fraction of sp³-hybridized carbons (Fsp3) is 0.188. The minimum Gasteiger partial charge on any atom is -0.384 e. The van der Waals surface area contributed by atoms with Crippen molar-refractivity contribution in [2.45, 2.75) is 24.5 Å². The Labute approximate surface area is 118 Å². The third-order valence-electron chi connectivity index (χ3n) is 2.90. The first kappa shape index (κ1) is 13.7. The summed E-state index contributed by atoms with van der Waals surface area (Å²) in [5.41, 5.74) is 10.2. The van der Waals surface area contributed by atoms with E-state index >= 15 is 0 Å². The number of nitrogens with one attached hydrogen (secondary N) is 1. The molecular weight excluding hydrogens is 252 g/mol. The van der Waals surface area contributed by atoms with Crippen molar-refractivity contribution in [3.8, 4) is 0 Å². The first-order valence-corrected chi connectivity index (χ1v) is 7.18. The van der Waals surface area contributed by atoms with Crippen molar-refractivity contribution in [2.24, 2.45) is 5.73 Å². The van der Waals surface area contributed by atoms with Gasteiger partial charge >= 0.3 is 0 Å². The summed E-state index contributed by atoms with van der Waals surface area (Å²) in [7, 11) is 0. The zero-order valence-electron chi connectivity index (χ0n) is 11.2. The van der Waals surface area contributed by atoms with Crippen molar-refractivity contribution < 1.29 is 0 Å². The molecule has 0 saturated carbocycles. The molecule has 0 aromatic heterocycles. The van der Waals surface area contributed by atoms with Crippen molar-refractivity contribution in [1.29, 1.82) is 5.41 Å². The second-order valence-electron chi connectivity index (χ2n) is 4.69. The average Bonchev–Trinajstić information content (AvgIpc) is 2.36. The van der Waals surface area contributed by atoms with Gasteiger partial charge in [0.05, 0.1) is 0 Å². The molecule has 2 aromatic rings. The van der Waals surface area contributed by atoms with Gasteiger partial charge in [-0.15, -0.1) is 11.8 Å². The van der Waals surface area contributed by atoms with Crippen LogP contribution in [-0.2, 0) is 5.75 Å². The maximum Gasteiger partial charge on any atom is 0.123 e. The summed E-state index contributed by atoms with van der Waals surface area (Å²) in [5.74, 6) is 1.03. The molecule has 98 valence electrons. The third kappa shape index (κ3) is 3.61. The lowest BCUT2D eigenvalue weighted by atomic mass is 10.1. The number of nitrogens with two attached hydrogens (primary N) is 1. The third-order valence-corrected chi connectivity index (χ3v) is 4.03. The summed E-state index contributed by atoms with van der Waals surface area (Å²) < 4.78 is 0. The van der Waals surface area contributed by atoms with Gasteiger partial charge < -0.3 is 5.73 Å². The van der Waals surface area contributed by atoms with Crippen LogP contribution < -0.4 is 5.73 Å². The molecule has 3 N–H and O–H groups in total. The van der Waals surface area contributed by atoms with E-state index in [1.54, 1.807) is 11.8 Å². The molecule has 0 amide bonds. The smallest absolute Gasteiger partial charge is 0.123 e. The molecule has 0 unspecified atom stereocenters. The fourth-order valence-corrected chi connectivity index (χ4v) is 3.04. The molecule has 0 bridgehead atoms. The molecule has 0 saturated heterocycles. The first-order valence-electron chi connectivity index (χ1n) is 6.19. The van der Waals surface area contributed by atoms with Crippen LogP contribution in [-0.4, -0.2) is 5.84 Å². The van der Waals surface area contributed by atoms with Gasteiger partial charge in [-0.05, 0) is 37.1 Å². The van der Waals surface area contributed by atoms with Crippen LogP contribution in [0.15, 0.2) is 47.4 Å². The fourth-order valence-electron chi connectivity index (χ4n) is 1.93. The lowest BCUT2D eigenvalue weighted by Gasteiger charge is -2.09. The zero-order chi connectivity index (χ0) is 13.8. The predicted octanol–water partition coefficient (Wildman–Crippen LogP) is 3.88. The van der Waals surface area contributed by atoms with E-state index in [-0.39, 0.29) is 5.84 Å². The topological polar surface area (TPSA) is 49.9 Å². The molecule has 0 radical (unpaired) electrons. The number of benzene rings is 2. The molecule has 19 heavy (non-hydrogen) atoms. The normalized spacial score (nSPS) is 10.4. The maximum absolute atomic E-state index is 7.63. The van der Waals surface area contributed by atoms with Crippen molar-refractivity contribution in [2.75, 3.05) is 0 Å². The van der Waals surface area contributed by atoms with Gasteiger partial charge in [-0.3, -0.25) is 5.41 Å². The Morgan fingerprint density at radius 2 is 1.84 bits per heavy atom. The number of thioether (sulfide) groups is 1. The lowest BCUT2D eigenvalue weighted by molar-refractivity contribution is 1.28. The van der Waals surface area contributed by atoms with Crippen molar-refractivity contribution in [3.05, 3.63) is 64.7 Å². The van der Waals surface area contributed by atoms with Crippen molar-refractivity contribution in [3.63, 3.8) is 0 Å². The quantitative estimate of drug-likeness (QED) is 0.503. The number of amidine groups is 1. The molecule has 0 fully saturated rings. The zero-order valence-corrected chi connectivity index (χ0v) is 12.1. The molecule has 0 spiro atoms. The van der Waals surface area contributed by atoms with Gasteiger partial charge in [-0.2, -0.15) is 0 Å². The second kappa shape index (κ2) is 5.93. The minimum absolute atomic E-state index is 0.131. The minimum atomic E-state index is 0.131. The molecule has 2 aromatic carbocycles. The Morgan fingerprint density at radius 1 is 1.11 bits per heavy atom. The van der Waals surface area contributed by atoms with Crippen molar-refractivity contribution >= 4 is 17.6 Å². The van der Waals surface area contributed by atoms with Crippen LogP contribution in [0, 0.1) is 19.3 Å². The molecule has 2 nitrogen and oxygen atoms in total. The molecule has 0 aliphatic rings. The Morgan fingerprint density at radius 3 is 2.53 bits per heavy atom. The number of rotatable bonds is 4. The van der Waals surface area contributed by atoms with E-state index in [1.165, 1.54) is 16.7 Å². The monoisotopic (exact) mass is 270 g/mol. The summed E-state index contributed by atoms with van der Waals surface area (Å²) in [4.78, 5) is 1.08. The first-order chi connectivity index (χ1) is 9.06. The van der Waals surface area contributed by atoms with Crippen LogP contribution >= 0.6 is 11.8 Å². The van der Waals surface area contributed by atoms with Gasteiger partial charge in [0.2, 0.25) is 0 Å². The average molecular weight is 270 g/mol. The highest BCUT2D eigenvalue weighted by molar-refractivity contribution is 7.98. The van der Waals surface area contributed by atoms with Crippen LogP contribution in [0.4, 0.5) is 0 Å². The highest BCUT2D eigenvalue weighted by atomic mass is 32.2. The van der Waals surface area contributed by atoms with Gasteiger partial charge in [0.25, 0.3) is 0 Å². The summed E-state index contributed by atoms with van der Waals surface area (Å²) >= 11 is 1.73. The molecule has 0 heterocycles. The molecule has 0 aliphatic carbocycles. The van der Waals surface area contributed by atoms with Gasteiger partial charge in [0.15, 0.2) is 0 Å². The van der Waals surface area contributed by atoms with Gasteiger partial charge in [-0.1, -0.05) is 35.9 Å². The van der Waals surface area contributed by atoms with E-state index in [2.05, 4.69) is 44.2 Å². The molecule has 3 heteroatoms. The van der Waals surface area contributed by atoms with E-state index in [0.717, 1.165) is 16.2 Å². The lowest BCUT2D eigenvalue weighted by Crippen LogP contribution is -2.12. The number of nitrogen functional groups attached to an aromatic ring is 1. The second-order valence-corrected chi connectivity index (χ2v) is 5.71. The van der Waals surface area contributed by atoms with Crippen LogP contribution in [0.2, 0.25) is 0 Å². The van der Waals surface area contributed by atoms with E-state index < -0.39 is 0 Å². The highest BCUT2D eigenvalue weighted by Gasteiger charge is 2.06. The summed E-state index contributed by atoms with van der Waals surface area (Å²) in [6.45, 7) is 4.16. The Balaban J connectivity index is 2.19. The van der Waals surface area contributed by atoms with Crippen LogP contribution in [0.3, 0.4) is 0 Å². The van der Waals surface area contributed by atoms with E-state index in [9.17, 15) is 0 Å². The van der Waals surface area contributed by atoms with E-state index in [4.69, 9.17) is 11.1 Å². The van der Waals surface area contributed by atoms with Crippen molar-refractivity contribution in [1.82, 2.24) is 0 Å². The van der Waals surface area contributed by atoms with Gasteiger partial charge in [0, 0.05) is 16.2 Å². The maximum atomic E-state index is 7.63. The molecule has 0 atom stereocenters. The van der Waals surface area contributed by atoms with Gasteiger partial charge in [-0.25, -0.2) is 0 Å². The Bertz CT molecular complexity index is 605. The predicted molar refractivity (Wildman–Crippen MR) is 82.9 cm³/mol. The van der Waals surface area contributed by atoms with E-state index in [0.29, 0.717) is 0 Å². The standard InChI is InChI=1S/C16H18N2S/c1-11-4-3-5-13(8-11)10-19-15-9-12(2)6-7-14(15)16(17)18/h3-9H,10H2,1-2H3,(H3,17,18). The van der Waals surface area contributed by atoms with Crippen LogP contribution in [0.5, 0.6) is 0 Å². The Kier molecular flexibility index (Phi) is 4.27. The summed E-state index contributed by atoms with van der Waals surface area (Å²) in [6, 6.07) is 14.5. The van der Waals surface area contributed by atoms with Gasteiger partial charge in [0.1, 0.15) is 5.84 Å². The Hall–Kier alpha value is -1.74. The largest absolute Gasteiger partial charge is 0.384 e. The van der Waals surface area contributed by atoms with E-state index in [1.807, 2.05) is 12.1 Å². The number of hydrogen-bond acceptors (Lipinski definition) is 2. The van der Waals surface area contributed by atoms with Crippen LogP contribution in [0.25, 0.3) is 0 Å². The number of aryl methyl sites for hydroxylation is 2.